The van der Waals surface area contributed by atoms with Crippen molar-refractivity contribution < 1.29 is 19.4 Å². The van der Waals surface area contributed by atoms with Crippen LogP contribution in [0.15, 0.2) is 65.7 Å². The fraction of sp³-hybridized carbons (Fsp3) is 0.469. The summed E-state index contributed by atoms with van der Waals surface area (Å²) in [6.45, 7) is 9.89. The second kappa shape index (κ2) is 14.2. The van der Waals surface area contributed by atoms with E-state index in [4.69, 9.17) is 9.72 Å². The van der Waals surface area contributed by atoms with Crippen LogP contribution in [-0.4, -0.2) is 72.1 Å². The number of ether oxygens (including phenoxy) is 1. The average Bonchev–Trinajstić information content (AvgIpc) is 3.00. The summed E-state index contributed by atoms with van der Waals surface area (Å²) < 4.78 is 5.28. The molecular weight excluding hydrogens is 546 g/mol. The maximum Gasteiger partial charge on any atom is 0.408 e. The molecule has 3 heterocycles. The van der Waals surface area contributed by atoms with Crippen LogP contribution in [0.25, 0.3) is 0 Å². The SMILES string of the molecule is CCNC1=CC=CC(C2CC=NCC2)N1c1ncnc(N(C)CC(NC(=O)OCc2ccccc2)C(=O)O)c1C(C)(C)C. The predicted octanol–water partition coefficient (Wildman–Crippen LogP) is 4.27. The Hall–Kier alpha value is -4.41. The largest absolute Gasteiger partial charge is 0.480 e. The van der Waals surface area contributed by atoms with Crippen LogP contribution < -0.4 is 20.4 Å². The number of aliphatic imine (C=N–C) groups is 1. The number of allylic oxidation sites excluding steroid dienone is 2. The van der Waals surface area contributed by atoms with Crippen LogP contribution in [-0.2, 0) is 21.6 Å². The molecule has 0 fully saturated rings. The number of alkyl carbamates (subject to hydrolysis) is 1. The third-order valence-corrected chi connectivity index (χ3v) is 7.53. The van der Waals surface area contributed by atoms with Crippen molar-refractivity contribution in [1.82, 2.24) is 20.6 Å². The molecule has 2 aliphatic rings. The molecule has 1 aromatic heterocycles. The number of carboxylic acids is 1. The van der Waals surface area contributed by atoms with Gasteiger partial charge in [0.1, 0.15) is 36.4 Å². The highest BCUT2D eigenvalue weighted by molar-refractivity contribution is 5.81. The number of rotatable bonds is 11. The Kier molecular flexibility index (Phi) is 10.4. The molecule has 0 saturated carbocycles. The van der Waals surface area contributed by atoms with E-state index < -0.39 is 23.5 Å². The predicted molar refractivity (Wildman–Crippen MR) is 168 cm³/mol. The number of benzene rings is 1. The van der Waals surface area contributed by atoms with Gasteiger partial charge in [-0.25, -0.2) is 19.6 Å². The number of anilines is 2. The number of carboxylic acid groups (broad SMARTS) is 1. The number of nitrogens with one attached hydrogen (secondary N) is 2. The van der Waals surface area contributed by atoms with Crippen LogP contribution >= 0.6 is 0 Å². The van der Waals surface area contributed by atoms with Gasteiger partial charge < -0.3 is 30.3 Å². The molecule has 3 N–H and O–H groups in total. The van der Waals surface area contributed by atoms with Gasteiger partial charge in [-0.05, 0) is 49.0 Å². The molecule has 3 unspecified atom stereocenters. The zero-order valence-corrected chi connectivity index (χ0v) is 25.7. The van der Waals surface area contributed by atoms with E-state index in [1.165, 1.54) is 6.33 Å². The van der Waals surface area contributed by atoms with Crippen molar-refractivity contribution in [3.8, 4) is 0 Å². The molecule has 0 bridgehead atoms. The Morgan fingerprint density at radius 3 is 2.63 bits per heavy atom. The molecular formula is C32H43N7O4. The fourth-order valence-corrected chi connectivity index (χ4v) is 5.47. The van der Waals surface area contributed by atoms with E-state index in [0.717, 1.165) is 48.7 Å². The highest BCUT2D eigenvalue weighted by Crippen LogP contribution is 2.40. The quantitative estimate of drug-likeness (QED) is 0.352. The number of aliphatic carboxylic acids is 1. The highest BCUT2D eigenvalue weighted by Gasteiger charge is 2.37. The Labute approximate surface area is 253 Å². The molecule has 43 heavy (non-hydrogen) atoms. The van der Waals surface area contributed by atoms with Crippen LogP contribution in [0, 0.1) is 5.92 Å². The van der Waals surface area contributed by atoms with Gasteiger partial charge in [-0.3, -0.25) is 4.99 Å². The van der Waals surface area contributed by atoms with Gasteiger partial charge in [0, 0.05) is 25.7 Å². The van der Waals surface area contributed by atoms with Crippen molar-refractivity contribution in [3.05, 3.63) is 71.8 Å². The number of carbonyl (C=O) groups is 2. The molecule has 11 heteroatoms. The van der Waals surface area contributed by atoms with Crippen molar-refractivity contribution in [2.45, 2.75) is 64.6 Å². The molecule has 4 rings (SSSR count). The van der Waals surface area contributed by atoms with E-state index in [-0.39, 0.29) is 19.2 Å². The van der Waals surface area contributed by atoms with Gasteiger partial charge >= 0.3 is 12.1 Å². The van der Waals surface area contributed by atoms with Crippen LogP contribution in [0.2, 0.25) is 0 Å². The van der Waals surface area contributed by atoms with Crippen LogP contribution in [0.5, 0.6) is 0 Å². The third kappa shape index (κ3) is 7.91. The van der Waals surface area contributed by atoms with Crippen molar-refractivity contribution in [3.63, 3.8) is 0 Å². The lowest BCUT2D eigenvalue weighted by atomic mass is 9.84. The average molecular weight is 590 g/mol. The molecule has 3 atom stereocenters. The smallest absolute Gasteiger partial charge is 0.408 e. The lowest BCUT2D eigenvalue weighted by molar-refractivity contribution is -0.139. The van der Waals surface area contributed by atoms with Crippen molar-refractivity contribution in [2.75, 3.05) is 36.5 Å². The van der Waals surface area contributed by atoms with E-state index in [1.807, 2.05) is 36.5 Å². The normalized spacial score (nSPS) is 18.9. The molecule has 1 amide bonds. The molecule has 0 aliphatic carbocycles. The number of hydrogen-bond donors (Lipinski definition) is 3. The van der Waals surface area contributed by atoms with E-state index in [9.17, 15) is 14.7 Å². The maximum absolute atomic E-state index is 12.5. The summed E-state index contributed by atoms with van der Waals surface area (Å²) in [5.41, 5.74) is 1.28. The molecule has 0 saturated heterocycles. The Bertz CT molecular complexity index is 1350. The molecule has 11 nitrogen and oxygen atoms in total. The Morgan fingerprint density at radius 2 is 1.98 bits per heavy atom. The first-order chi connectivity index (χ1) is 20.6. The van der Waals surface area contributed by atoms with E-state index in [0.29, 0.717) is 11.7 Å². The number of nitrogens with zero attached hydrogens (tertiary/aromatic N) is 5. The van der Waals surface area contributed by atoms with E-state index in [2.05, 4.69) is 71.4 Å². The summed E-state index contributed by atoms with van der Waals surface area (Å²) in [4.78, 5) is 42.7. The monoisotopic (exact) mass is 589 g/mol. The second-order valence-electron chi connectivity index (χ2n) is 11.8. The van der Waals surface area contributed by atoms with E-state index >= 15 is 0 Å². The number of aromatic nitrogens is 2. The summed E-state index contributed by atoms with van der Waals surface area (Å²) >= 11 is 0. The summed E-state index contributed by atoms with van der Waals surface area (Å²) in [6.07, 6.45) is 10.9. The Balaban J connectivity index is 1.63. The van der Waals surface area contributed by atoms with Crippen molar-refractivity contribution in [2.24, 2.45) is 10.9 Å². The van der Waals surface area contributed by atoms with Gasteiger partial charge in [0.05, 0.1) is 12.6 Å². The van der Waals surface area contributed by atoms with Gasteiger partial charge in [-0.1, -0.05) is 63.3 Å². The molecule has 0 radical (unpaired) electrons. The fourth-order valence-electron chi connectivity index (χ4n) is 5.47. The van der Waals surface area contributed by atoms with Crippen LogP contribution in [0.1, 0.15) is 51.7 Å². The van der Waals surface area contributed by atoms with Gasteiger partial charge in [-0.2, -0.15) is 0 Å². The third-order valence-electron chi connectivity index (χ3n) is 7.53. The summed E-state index contributed by atoms with van der Waals surface area (Å²) in [5, 5.41) is 16.0. The number of carbonyl (C=O) groups excluding carboxylic acids is 1. The lowest BCUT2D eigenvalue weighted by Crippen LogP contribution is -2.49. The van der Waals surface area contributed by atoms with E-state index in [1.54, 1.807) is 11.9 Å². The number of hydrogen-bond acceptors (Lipinski definition) is 9. The second-order valence-corrected chi connectivity index (χ2v) is 11.8. The van der Waals surface area contributed by atoms with Gasteiger partial charge in [0.15, 0.2) is 0 Å². The summed E-state index contributed by atoms with van der Waals surface area (Å²) in [5.74, 6) is 1.48. The first-order valence-electron chi connectivity index (χ1n) is 14.8. The number of likely N-dealkylation sites (N-methyl/N-ethyl adjacent to an activating group) is 1. The van der Waals surface area contributed by atoms with Gasteiger partial charge in [0.25, 0.3) is 0 Å². The Morgan fingerprint density at radius 1 is 1.21 bits per heavy atom. The minimum absolute atomic E-state index is 0.0341. The molecule has 2 aliphatic heterocycles. The molecule has 2 aromatic rings. The van der Waals surface area contributed by atoms with Crippen LogP contribution in [0.3, 0.4) is 0 Å². The van der Waals surface area contributed by atoms with Crippen molar-refractivity contribution in [1.29, 1.82) is 0 Å². The topological polar surface area (TPSA) is 132 Å². The van der Waals surface area contributed by atoms with Gasteiger partial charge in [0.2, 0.25) is 0 Å². The highest BCUT2D eigenvalue weighted by atomic mass is 16.5. The standard InChI is InChI=1S/C32H43N7O4/c1-6-34-26-14-10-13-25(23-15-17-33-18-16-23)39(26)29-27(32(2,3)4)28(35-21-36-29)38(5)19-24(30(40)41)37-31(42)43-20-22-11-8-7-9-12-22/h7-14,17,21,23-25,34H,6,15-16,18-20H2,1-5H3,(H,37,42)(H,40,41). The molecule has 0 spiro atoms. The zero-order chi connectivity index (χ0) is 31.0. The van der Waals surface area contributed by atoms with Gasteiger partial charge in [-0.15, -0.1) is 0 Å². The maximum atomic E-state index is 12.5. The summed E-state index contributed by atoms with van der Waals surface area (Å²) in [7, 11) is 1.78. The van der Waals surface area contributed by atoms with Crippen LogP contribution in [0.4, 0.5) is 16.4 Å². The first-order valence-corrected chi connectivity index (χ1v) is 14.8. The summed E-state index contributed by atoms with van der Waals surface area (Å²) in [6, 6.07) is 8.04. The lowest BCUT2D eigenvalue weighted by Gasteiger charge is -2.42. The number of amides is 1. The molecule has 230 valence electrons. The van der Waals surface area contributed by atoms with Crippen molar-refractivity contribution >= 4 is 29.9 Å². The minimum atomic E-state index is -1.23. The molecule has 1 aromatic carbocycles. The first kappa shape index (κ1) is 31.5. The zero-order valence-electron chi connectivity index (χ0n) is 25.7. The minimum Gasteiger partial charge on any atom is -0.480 e.